The fourth-order valence-corrected chi connectivity index (χ4v) is 2.86. The van der Waals surface area contributed by atoms with E-state index in [4.69, 9.17) is 0 Å². The van der Waals surface area contributed by atoms with Gasteiger partial charge in [-0.3, -0.25) is 5.32 Å². The lowest BCUT2D eigenvalue weighted by molar-refractivity contribution is 0.262. The number of hydrogen-bond acceptors (Lipinski definition) is 2. The molecule has 2 aromatic carbocycles. The van der Waals surface area contributed by atoms with Crippen molar-refractivity contribution in [1.29, 1.82) is 0 Å². The quantitative estimate of drug-likeness (QED) is 0.700. The van der Waals surface area contributed by atoms with Gasteiger partial charge < -0.3 is 5.32 Å². The standard InChI is InChI=1S/C15H10F2N2OS/c16-10-5-6-12(11(17)8-10)18-15(20)19-14-7-9-3-1-2-4-13(9)21-14/h1-8H,(H2,18,19,20). The van der Waals surface area contributed by atoms with E-state index in [9.17, 15) is 13.6 Å². The lowest BCUT2D eigenvalue weighted by atomic mass is 10.3. The number of amides is 2. The molecule has 0 unspecified atom stereocenters. The van der Waals surface area contributed by atoms with Crippen molar-refractivity contribution >= 4 is 38.1 Å². The first-order valence-electron chi connectivity index (χ1n) is 6.13. The molecule has 0 spiro atoms. The molecule has 21 heavy (non-hydrogen) atoms. The Morgan fingerprint density at radius 3 is 2.57 bits per heavy atom. The van der Waals surface area contributed by atoms with Gasteiger partial charge in [0.15, 0.2) is 0 Å². The summed E-state index contributed by atoms with van der Waals surface area (Å²) in [5.41, 5.74) is -0.0741. The summed E-state index contributed by atoms with van der Waals surface area (Å²) in [6, 6.07) is 11.9. The molecule has 3 nitrogen and oxygen atoms in total. The van der Waals surface area contributed by atoms with Crippen molar-refractivity contribution in [2.24, 2.45) is 0 Å². The van der Waals surface area contributed by atoms with E-state index in [0.717, 1.165) is 22.2 Å². The monoisotopic (exact) mass is 304 g/mol. The summed E-state index contributed by atoms with van der Waals surface area (Å²) in [6.07, 6.45) is 0. The zero-order chi connectivity index (χ0) is 14.8. The van der Waals surface area contributed by atoms with E-state index >= 15 is 0 Å². The van der Waals surface area contributed by atoms with Crippen LogP contribution in [0.1, 0.15) is 0 Å². The highest BCUT2D eigenvalue weighted by Gasteiger charge is 2.09. The molecular formula is C15H10F2N2OS. The molecule has 0 aliphatic carbocycles. The third-order valence-corrected chi connectivity index (χ3v) is 3.87. The molecule has 3 rings (SSSR count). The van der Waals surface area contributed by atoms with Crippen molar-refractivity contribution in [2.45, 2.75) is 0 Å². The fourth-order valence-electron chi connectivity index (χ4n) is 1.90. The second kappa shape index (κ2) is 5.49. The van der Waals surface area contributed by atoms with Crippen LogP contribution < -0.4 is 10.6 Å². The van der Waals surface area contributed by atoms with Crippen LogP contribution in [0, 0.1) is 11.6 Å². The number of halogens is 2. The van der Waals surface area contributed by atoms with Crippen LogP contribution in [0.4, 0.5) is 24.3 Å². The maximum absolute atomic E-state index is 13.4. The van der Waals surface area contributed by atoms with E-state index in [1.807, 2.05) is 30.3 Å². The molecule has 1 aromatic heterocycles. The molecule has 0 radical (unpaired) electrons. The van der Waals surface area contributed by atoms with Gasteiger partial charge >= 0.3 is 6.03 Å². The number of anilines is 2. The minimum Gasteiger partial charge on any atom is -0.305 e. The van der Waals surface area contributed by atoms with Crippen molar-refractivity contribution in [1.82, 2.24) is 0 Å². The van der Waals surface area contributed by atoms with Gasteiger partial charge in [0.2, 0.25) is 0 Å². The van der Waals surface area contributed by atoms with Crippen molar-refractivity contribution < 1.29 is 13.6 Å². The lowest BCUT2D eigenvalue weighted by Crippen LogP contribution is -2.19. The van der Waals surface area contributed by atoms with E-state index in [1.165, 1.54) is 17.4 Å². The molecule has 6 heteroatoms. The average molecular weight is 304 g/mol. The highest BCUT2D eigenvalue weighted by Crippen LogP contribution is 2.29. The maximum Gasteiger partial charge on any atom is 0.324 e. The van der Waals surface area contributed by atoms with Gasteiger partial charge in [-0.2, -0.15) is 0 Å². The molecule has 106 valence electrons. The summed E-state index contributed by atoms with van der Waals surface area (Å²) in [4.78, 5) is 11.8. The van der Waals surface area contributed by atoms with Gasteiger partial charge in [-0.1, -0.05) is 18.2 Å². The van der Waals surface area contributed by atoms with Crippen LogP contribution in [-0.2, 0) is 0 Å². The van der Waals surface area contributed by atoms with Crippen LogP contribution in [0.2, 0.25) is 0 Å². The first kappa shape index (κ1) is 13.5. The average Bonchev–Trinajstić information content (AvgIpc) is 2.84. The Balaban J connectivity index is 1.74. The van der Waals surface area contributed by atoms with Gasteiger partial charge in [-0.15, -0.1) is 11.3 Å². The predicted molar refractivity (Wildman–Crippen MR) is 80.8 cm³/mol. The van der Waals surface area contributed by atoms with E-state index in [1.54, 1.807) is 0 Å². The lowest BCUT2D eigenvalue weighted by Gasteiger charge is -2.06. The summed E-state index contributed by atoms with van der Waals surface area (Å²) in [7, 11) is 0. The first-order valence-corrected chi connectivity index (χ1v) is 6.95. The smallest absolute Gasteiger partial charge is 0.305 e. The minimum atomic E-state index is -0.818. The van der Waals surface area contributed by atoms with Crippen LogP contribution in [0.25, 0.3) is 10.1 Å². The zero-order valence-corrected chi connectivity index (χ0v) is 11.5. The van der Waals surface area contributed by atoms with Gasteiger partial charge in [0, 0.05) is 10.8 Å². The maximum atomic E-state index is 13.4. The Kier molecular flexibility index (Phi) is 3.53. The van der Waals surface area contributed by atoms with Crippen LogP contribution in [0.5, 0.6) is 0 Å². The zero-order valence-electron chi connectivity index (χ0n) is 10.7. The summed E-state index contributed by atoms with van der Waals surface area (Å²) in [5, 5.41) is 6.64. The van der Waals surface area contributed by atoms with Crippen molar-refractivity contribution in [3.8, 4) is 0 Å². The Morgan fingerprint density at radius 2 is 1.81 bits per heavy atom. The van der Waals surface area contributed by atoms with Gasteiger partial charge in [0.25, 0.3) is 0 Å². The molecular weight excluding hydrogens is 294 g/mol. The number of carbonyl (C=O) groups excluding carboxylic acids is 1. The van der Waals surface area contributed by atoms with E-state index in [-0.39, 0.29) is 5.69 Å². The second-order valence-electron chi connectivity index (χ2n) is 4.35. The third kappa shape index (κ3) is 3.00. The highest BCUT2D eigenvalue weighted by atomic mass is 32.1. The number of hydrogen-bond donors (Lipinski definition) is 2. The fraction of sp³-hybridized carbons (Fsp3) is 0. The molecule has 0 fully saturated rings. The van der Waals surface area contributed by atoms with Crippen molar-refractivity contribution in [3.63, 3.8) is 0 Å². The Bertz CT molecular complexity index is 783. The van der Waals surface area contributed by atoms with E-state index in [2.05, 4.69) is 10.6 Å². The number of fused-ring (bicyclic) bond motifs is 1. The largest absolute Gasteiger partial charge is 0.324 e. The van der Waals surface area contributed by atoms with Crippen LogP contribution in [-0.4, -0.2) is 6.03 Å². The summed E-state index contributed by atoms with van der Waals surface area (Å²) < 4.78 is 27.3. The number of carbonyl (C=O) groups is 1. The molecule has 0 atom stereocenters. The van der Waals surface area contributed by atoms with Gasteiger partial charge in [0.1, 0.15) is 11.6 Å². The Hall–Kier alpha value is -2.47. The summed E-state index contributed by atoms with van der Waals surface area (Å²) in [6.45, 7) is 0. The summed E-state index contributed by atoms with van der Waals surface area (Å²) in [5.74, 6) is -1.51. The number of nitrogens with one attached hydrogen (secondary N) is 2. The van der Waals surface area contributed by atoms with Crippen molar-refractivity contribution in [2.75, 3.05) is 10.6 Å². The SMILES string of the molecule is O=C(Nc1cc2ccccc2s1)Nc1ccc(F)cc1F. The van der Waals surface area contributed by atoms with Gasteiger partial charge in [-0.25, -0.2) is 13.6 Å². The molecule has 1 heterocycles. The molecule has 0 saturated heterocycles. The van der Waals surface area contributed by atoms with Gasteiger partial charge in [0.05, 0.1) is 10.7 Å². The number of rotatable bonds is 2. The van der Waals surface area contributed by atoms with E-state index in [0.29, 0.717) is 5.00 Å². The highest BCUT2D eigenvalue weighted by molar-refractivity contribution is 7.22. The van der Waals surface area contributed by atoms with Crippen LogP contribution in [0.3, 0.4) is 0 Å². The van der Waals surface area contributed by atoms with Gasteiger partial charge in [-0.05, 0) is 29.7 Å². The Morgan fingerprint density at radius 1 is 1.00 bits per heavy atom. The predicted octanol–water partition coefficient (Wildman–Crippen LogP) is 4.82. The number of urea groups is 1. The summed E-state index contributed by atoms with van der Waals surface area (Å²) >= 11 is 1.42. The molecule has 0 aliphatic rings. The third-order valence-electron chi connectivity index (χ3n) is 2.84. The molecule has 3 aromatic rings. The van der Waals surface area contributed by atoms with Crippen LogP contribution >= 0.6 is 11.3 Å². The van der Waals surface area contributed by atoms with Crippen LogP contribution in [0.15, 0.2) is 48.5 Å². The normalized spacial score (nSPS) is 10.6. The van der Waals surface area contributed by atoms with E-state index < -0.39 is 17.7 Å². The van der Waals surface area contributed by atoms with Crippen molar-refractivity contribution in [3.05, 3.63) is 60.2 Å². The number of thiophene rings is 1. The number of benzene rings is 2. The molecule has 2 amide bonds. The first-order chi connectivity index (χ1) is 10.1. The topological polar surface area (TPSA) is 41.1 Å². The Labute approximate surface area is 123 Å². The minimum absolute atomic E-state index is 0.0741. The second-order valence-corrected chi connectivity index (χ2v) is 5.44. The molecule has 0 saturated carbocycles. The molecule has 2 N–H and O–H groups in total. The molecule has 0 bridgehead atoms. The molecule has 0 aliphatic heterocycles.